The fraction of sp³-hybridized carbons (Fsp3) is 0.0571. The van der Waals surface area contributed by atoms with Gasteiger partial charge in [-0.2, -0.15) is 0 Å². The SMILES string of the molecule is C/C=C(/C=C(\C)c1cc2ccccc2c2ccccc12)c1nc(-c2ccccc2)nc(-c2ccccc2)n1. The van der Waals surface area contributed by atoms with Gasteiger partial charge in [0.05, 0.1) is 0 Å². The second kappa shape index (κ2) is 10.2. The molecule has 182 valence electrons. The van der Waals surface area contributed by atoms with E-state index in [0.717, 1.165) is 22.3 Å². The van der Waals surface area contributed by atoms with Crippen LogP contribution in [0.3, 0.4) is 0 Å². The summed E-state index contributed by atoms with van der Waals surface area (Å²) in [5.74, 6) is 1.98. The molecule has 1 aromatic heterocycles. The van der Waals surface area contributed by atoms with Crippen LogP contribution in [-0.4, -0.2) is 15.0 Å². The molecule has 0 N–H and O–H groups in total. The molecule has 38 heavy (non-hydrogen) atoms. The number of benzene rings is 5. The minimum absolute atomic E-state index is 0.657. The van der Waals surface area contributed by atoms with Crippen molar-refractivity contribution in [1.29, 1.82) is 0 Å². The fourth-order valence-electron chi connectivity index (χ4n) is 4.91. The first-order valence-electron chi connectivity index (χ1n) is 12.8. The summed E-state index contributed by atoms with van der Waals surface area (Å²) in [5, 5.41) is 4.99. The molecule has 0 bridgehead atoms. The molecule has 0 aliphatic rings. The highest BCUT2D eigenvalue weighted by Gasteiger charge is 2.14. The molecular formula is C35H27N3. The summed E-state index contributed by atoms with van der Waals surface area (Å²) in [5.41, 5.74) is 5.24. The van der Waals surface area contributed by atoms with Crippen LogP contribution in [0.1, 0.15) is 25.2 Å². The maximum Gasteiger partial charge on any atom is 0.164 e. The number of fused-ring (bicyclic) bond motifs is 3. The van der Waals surface area contributed by atoms with Gasteiger partial charge >= 0.3 is 0 Å². The first-order valence-corrected chi connectivity index (χ1v) is 12.8. The molecule has 0 unspecified atom stereocenters. The summed E-state index contributed by atoms with van der Waals surface area (Å²) in [7, 11) is 0. The quantitative estimate of drug-likeness (QED) is 0.179. The van der Waals surface area contributed by atoms with E-state index in [9.17, 15) is 0 Å². The molecule has 1 heterocycles. The van der Waals surface area contributed by atoms with Crippen LogP contribution in [0.4, 0.5) is 0 Å². The third-order valence-corrected chi connectivity index (χ3v) is 6.83. The molecule has 0 radical (unpaired) electrons. The maximum absolute atomic E-state index is 4.92. The van der Waals surface area contributed by atoms with Crippen molar-refractivity contribution in [3.63, 3.8) is 0 Å². The summed E-state index contributed by atoms with van der Waals surface area (Å²) in [4.78, 5) is 14.7. The molecule has 0 saturated carbocycles. The lowest BCUT2D eigenvalue weighted by Crippen LogP contribution is -2.02. The Labute approximate surface area is 222 Å². The number of aromatic nitrogens is 3. The Morgan fingerprint density at radius 3 is 1.71 bits per heavy atom. The normalized spacial score (nSPS) is 12.3. The Balaban J connectivity index is 1.51. The Bertz CT molecular complexity index is 1760. The molecule has 6 rings (SSSR count). The topological polar surface area (TPSA) is 38.7 Å². The van der Waals surface area contributed by atoms with Gasteiger partial charge in [0, 0.05) is 16.7 Å². The summed E-state index contributed by atoms with van der Waals surface area (Å²) in [6.45, 7) is 4.20. The molecule has 0 atom stereocenters. The smallest absolute Gasteiger partial charge is 0.164 e. The molecule has 0 aliphatic heterocycles. The van der Waals surface area contributed by atoms with E-state index in [-0.39, 0.29) is 0 Å². The molecule has 0 amide bonds. The zero-order chi connectivity index (χ0) is 25.9. The van der Waals surface area contributed by atoms with Crippen LogP contribution in [0.5, 0.6) is 0 Å². The Morgan fingerprint density at radius 1 is 0.579 bits per heavy atom. The molecule has 0 fully saturated rings. The minimum atomic E-state index is 0.657. The molecule has 5 aromatic carbocycles. The van der Waals surface area contributed by atoms with Crippen LogP contribution < -0.4 is 0 Å². The van der Waals surface area contributed by atoms with E-state index in [2.05, 4.69) is 73.7 Å². The second-order valence-electron chi connectivity index (χ2n) is 9.30. The van der Waals surface area contributed by atoms with E-state index in [1.165, 1.54) is 27.1 Å². The molecule has 0 saturated heterocycles. The third-order valence-electron chi connectivity index (χ3n) is 6.83. The van der Waals surface area contributed by atoms with Crippen molar-refractivity contribution in [2.24, 2.45) is 0 Å². The van der Waals surface area contributed by atoms with E-state index in [0.29, 0.717) is 17.5 Å². The van der Waals surface area contributed by atoms with E-state index >= 15 is 0 Å². The highest BCUT2D eigenvalue weighted by molar-refractivity contribution is 6.12. The second-order valence-corrected chi connectivity index (χ2v) is 9.30. The number of hydrogen-bond donors (Lipinski definition) is 0. The van der Waals surface area contributed by atoms with Crippen molar-refractivity contribution >= 4 is 32.7 Å². The van der Waals surface area contributed by atoms with Crippen molar-refractivity contribution < 1.29 is 0 Å². The average Bonchev–Trinajstić information content (AvgIpc) is 3.00. The van der Waals surface area contributed by atoms with E-state index in [4.69, 9.17) is 15.0 Å². The molecule has 6 aromatic rings. The van der Waals surface area contributed by atoms with Gasteiger partial charge in [-0.3, -0.25) is 0 Å². The zero-order valence-corrected chi connectivity index (χ0v) is 21.5. The van der Waals surface area contributed by atoms with E-state index in [1.807, 2.05) is 67.6 Å². The van der Waals surface area contributed by atoms with Crippen LogP contribution in [0.25, 0.3) is 55.5 Å². The first-order chi connectivity index (χ1) is 18.7. The lowest BCUT2D eigenvalue weighted by atomic mass is 9.93. The van der Waals surface area contributed by atoms with Gasteiger partial charge < -0.3 is 0 Å². The zero-order valence-electron chi connectivity index (χ0n) is 21.5. The predicted molar refractivity (Wildman–Crippen MR) is 159 cm³/mol. The van der Waals surface area contributed by atoms with Crippen molar-refractivity contribution in [1.82, 2.24) is 15.0 Å². The summed E-state index contributed by atoms with van der Waals surface area (Å²) in [6.07, 6.45) is 4.26. The highest BCUT2D eigenvalue weighted by atomic mass is 15.0. The van der Waals surface area contributed by atoms with Crippen LogP contribution >= 0.6 is 0 Å². The van der Waals surface area contributed by atoms with Gasteiger partial charge in [-0.15, -0.1) is 0 Å². The molecule has 3 heteroatoms. The fourth-order valence-corrected chi connectivity index (χ4v) is 4.91. The number of allylic oxidation sites excluding steroid dienone is 4. The van der Waals surface area contributed by atoms with Gasteiger partial charge in [0.2, 0.25) is 0 Å². The standard InChI is InChI=1S/C35H27N3/c1-3-25(22-24(2)32-23-28-18-10-11-19-29(28)30-20-12-13-21-31(30)32)33-36-34(26-14-6-4-7-15-26)38-35(37-33)27-16-8-5-9-17-27/h3-23H,1-2H3/b24-22+,25-3-. The predicted octanol–water partition coefficient (Wildman–Crippen LogP) is 9.02. The Hall–Kier alpha value is -4.89. The van der Waals surface area contributed by atoms with Crippen LogP contribution in [0.15, 0.2) is 127 Å². The summed E-state index contributed by atoms with van der Waals surface area (Å²) >= 11 is 0. The number of rotatable bonds is 5. The minimum Gasteiger partial charge on any atom is -0.208 e. The van der Waals surface area contributed by atoms with Gasteiger partial charge in [0.1, 0.15) is 0 Å². The molecular weight excluding hydrogens is 462 g/mol. The van der Waals surface area contributed by atoms with Gasteiger partial charge in [-0.25, -0.2) is 15.0 Å². The van der Waals surface area contributed by atoms with Gasteiger partial charge in [-0.05, 0) is 58.7 Å². The monoisotopic (exact) mass is 489 g/mol. The van der Waals surface area contributed by atoms with Gasteiger partial charge in [0.15, 0.2) is 17.5 Å². The van der Waals surface area contributed by atoms with Crippen molar-refractivity contribution in [3.05, 3.63) is 139 Å². The first kappa shape index (κ1) is 23.5. The number of hydrogen-bond acceptors (Lipinski definition) is 3. The Morgan fingerprint density at radius 2 is 1.11 bits per heavy atom. The van der Waals surface area contributed by atoms with Gasteiger partial charge in [-0.1, -0.05) is 115 Å². The molecule has 0 aliphatic carbocycles. The maximum atomic E-state index is 4.92. The van der Waals surface area contributed by atoms with Crippen LogP contribution in [0, 0.1) is 0 Å². The van der Waals surface area contributed by atoms with Crippen molar-refractivity contribution in [2.75, 3.05) is 0 Å². The average molecular weight is 490 g/mol. The van der Waals surface area contributed by atoms with Crippen molar-refractivity contribution in [2.45, 2.75) is 13.8 Å². The summed E-state index contributed by atoms with van der Waals surface area (Å²) in [6, 6.07) is 39.6. The van der Waals surface area contributed by atoms with E-state index < -0.39 is 0 Å². The lowest BCUT2D eigenvalue weighted by Gasteiger charge is -2.13. The molecule has 0 spiro atoms. The summed E-state index contributed by atoms with van der Waals surface area (Å²) < 4.78 is 0. The third kappa shape index (κ3) is 4.51. The Kier molecular flexibility index (Phi) is 6.33. The van der Waals surface area contributed by atoms with E-state index in [1.54, 1.807) is 0 Å². The number of nitrogens with zero attached hydrogens (tertiary/aromatic N) is 3. The van der Waals surface area contributed by atoms with Crippen LogP contribution in [-0.2, 0) is 0 Å². The van der Waals surface area contributed by atoms with Crippen molar-refractivity contribution in [3.8, 4) is 22.8 Å². The largest absolute Gasteiger partial charge is 0.208 e. The van der Waals surface area contributed by atoms with Crippen LogP contribution in [0.2, 0.25) is 0 Å². The highest BCUT2D eigenvalue weighted by Crippen LogP contribution is 2.33. The van der Waals surface area contributed by atoms with Gasteiger partial charge in [0.25, 0.3) is 0 Å². The molecule has 3 nitrogen and oxygen atoms in total. The lowest BCUT2D eigenvalue weighted by molar-refractivity contribution is 1.04.